The number of para-hydroxylation sites is 1. The maximum absolute atomic E-state index is 11.9. The Balaban J connectivity index is 2.68. The Bertz CT molecular complexity index is 363. The second-order valence-electron chi connectivity index (χ2n) is 4.31. The van der Waals surface area contributed by atoms with Gasteiger partial charge in [0.05, 0.1) is 0 Å². The van der Waals surface area contributed by atoms with Crippen molar-refractivity contribution in [1.29, 1.82) is 0 Å². The van der Waals surface area contributed by atoms with Gasteiger partial charge in [0.15, 0.2) is 0 Å². The predicted octanol–water partition coefficient (Wildman–Crippen LogP) is 2.16. The Hall–Kier alpha value is -1.35. The number of hydrogen-bond acceptors (Lipinski definition) is 2. The van der Waals surface area contributed by atoms with Crippen LogP contribution in [0.4, 0.5) is 5.69 Å². The minimum atomic E-state index is -0.0652. The van der Waals surface area contributed by atoms with Gasteiger partial charge in [-0.25, -0.2) is 0 Å². The minimum absolute atomic E-state index is 0.0345. The average Bonchev–Trinajstić information content (AvgIpc) is 2.30. The first kappa shape index (κ1) is 12.7. The summed E-state index contributed by atoms with van der Waals surface area (Å²) < 4.78 is 0. The molecular weight excluding hydrogens is 200 g/mol. The summed E-state index contributed by atoms with van der Waals surface area (Å²) in [7, 11) is 0. The smallest absolute Gasteiger partial charge is 0.227 e. The van der Waals surface area contributed by atoms with Crippen molar-refractivity contribution < 1.29 is 4.79 Å². The first-order valence-corrected chi connectivity index (χ1v) is 5.62. The van der Waals surface area contributed by atoms with Crippen LogP contribution in [0.5, 0.6) is 0 Å². The number of carbonyl (C=O) groups is 1. The van der Waals surface area contributed by atoms with Gasteiger partial charge in [0.2, 0.25) is 5.91 Å². The molecule has 2 atom stereocenters. The molecule has 0 bridgehead atoms. The molecule has 1 aromatic carbocycles. The van der Waals surface area contributed by atoms with Gasteiger partial charge in [0.1, 0.15) is 0 Å². The fourth-order valence-electron chi connectivity index (χ4n) is 1.42. The highest BCUT2D eigenvalue weighted by molar-refractivity contribution is 5.93. The molecule has 88 valence electrons. The number of benzene rings is 1. The van der Waals surface area contributed by atoms with E-state index in [1.54, 1.807) is 0 Å². The highest BCUT2D eigenvalue weighted by Gasteiger charge is 2.19. The van der Waals surface area contributed by atoms with Crippen LogP contribution < -0.4 is 11.1 Å². The van der Waals surface area contributed by atoms with Crippen LogP contribution in [0.3, 0.4) is 0 Å². The Morgan fingerprint density at radius 2 is 2.00 bits per heavy atom. The molecule has 1 amide bonds. The SMILES string of the molecule is Cc1ccccc1NC(=O)C(C)C(C)CN. The normalized spacial score (nSPS) is 14.2. The van der Waals surface area contributed by atoms with E-state index in [4.69, 9.17) is 5.73 Å². The summed E-state index contributed by atoms with van der Waals surface area (Å²) in [6, 6.07) is 7.76. The molecule has 0 fully saturated rings. The number of aryl methyl sites for hydroxylation is 1. The molecule has 3 heteroatoms. The molecule has 0 radical (unpaired) electrons. The fourth-order valence-corrected chi connectivity index (χ4v) is 1.42. The molecule has 0 aliphatic rings. The van der Waals surface area contributed by atoms with Gasteiger partial charge < -0.3 is 11.1 Å². The van der Waals surface area contributed by atoms with E-state index in [1.165, 1.54) is 0 Å². The van der Waals surface area contributed by atoms with Crippen molar-refractivity contribution in [2.75, 3.05) is 11.9 Å². The molecule has 0 saturated heterocycles. The number of nitrogens with one attached hydrogen (secondary N) is 1. The lowest BCUT2D eigenvalue weighted by molar-refractivity contribution is -0.120. The first-order chi connectivity index (χ1) is 7.56. The van der Waals surface area contributed by atoms with Gasteiger partial charge in [-0.15, -0.1) is 0 Å². The summed E-state index contributed by atoms with van der Waals surface area (Å²) in [5.74, 6) is 0.167. The summed E-state index contributed by atoms with van der Waals surface area (Å²) >= 11 is 0. The molecule has 0 aromatic heterocycles. The standard InChI is InChI=1S/C13H20N2O/c1-9-6-4-5-7-12(9)15-13(16)11(3)10(2)8-14/h4-7,10-11H,8,14H2,1-3H3,(H,15,16). The minimum Gasteiger partial charge on any atom is -0.330 e. The van der Waals surface area contributed by atoms with E-state index in [-0.39, 0.29) is 17.7 Å². The van der Waals surface area contributed by atoms with E-state index in [1.807, 2.05) is 45.0 Å². The second-order valence-corrected chi connectivity index (χ2v) is 4.31. The zero-order valence-corrected chi connectivity index (χ0v) is 10.2. The van der Waals surface area contributed by atoms with Crippen molar-refractivity contribution in [3.05, 3.63) is 29.8 Å². The number of carbonyl (C=O) groups excluding carboxylic acids is 1. The van der Waals surface area contributed by atoms with Crippen molar-refractivity contribution in [3.63, 3.8) is 0 Å². The largest absolute Gasteiger partial charge is 0.330 e. The molecule has 3 nitrogen and oxygen atoms in total. The number of hydrogen-bond donors (Lipinski definition) is 2. The van der Waals surface area contributed by atoms with Gasteiger partial charge >= 0.3 is 0 Å². The number of nitrogens with two attached hydrogens (primary N) is 1. The van der Waals surface area contributed by atoms with Gasteiger partial charge in [-0.3, -0.25) is 4.79 Å². The van der Waals surface area contributed by atoms with E-state index < -0.39 is 0 Å². The Kier molecular flexibility index (Phi) is 4.50. The van der Waals surface area contributed by atoms with Crippen LogP contribution in [0.15, 0.2) is 24.3 Å². The van der Waals surface area contributed by atoms with Crippen LogP contribution in [0.25, 0.3) is 0 Å². The Morgan fingerprint density at radius 3 is 2.56 bits per heavy atom. The molecule has 0 aliphatic carbocycles. The summed E-state index contributed by atoms with van der Waals surface area (Å²) in [5, 5.41) is 2.93. The molecule has 0 saturated carbocycles. The van der Waals surface area contributed by atoms with Crippen LogP contribution in [0, 0.1) is 18.8 Å². The van der Waals surface area contributed by atoms with Crippen LogP contribution in [0.1, 0.15) is 19.4 Å². The molecule has 1 rings (SSSR count). The highest BCUT2D eigenvalue weighted by atomic mass is 16.1. The third kappa shape index (κ3) is 3.07. The summed E-state index contributed by atoms with van der Waals surface area (Å²) in [4.78, 5) is 11.9. The van der Waals surface area contributed by atoms with Crippen LogP contribution in [-0.2, 0) is 4.79 Å². The Labute approximate surface area is 97.0 Å². The average molecular weight is 220 g/mol. The number of amides is 1. The van der Waals surface area contributed by atoms with Crippen molar-refractivity contribution >= 4 is 11.6 Å². The highest BCUT2D eigenvalue weighted by Crippen LogP contribution is 2.17. The van der Waals surface area contributed by atoms with Crippen molar-refractivity contribution in [2.45, 2.75) is 20.8 Å². The van der Waals surface area contributed by atoms with Crippen molar-refractivity contribution in [1.82, 2.24) is 0 Å². The van der Waals surface area contributed by atoms with Gasteiger partial charge in [-0.05, 0) is 31.0 Å². The third-order valence-corrected chi connectivity index (χ3v) is 3.04. The number of anilines is 1. The van der Waals surface area contributed by atoms with Crippen molar-refractivity contribution in [3.8, 4) is 0 Å². The number of rotatable bonds is 4. The van der Waals surface area contributed by atoms with E-state index in [2.05, 4.69) is 5.32 Å². The molecule has 1 aromatic rings. The van der Waals surface area contributed by atoms with E-state index >= 15 is 0 Å². The van der Waals surface area contributed by atoms with Crippen LogP contribution in [-0.4, -0.2) is 12.5 Å². The van der Waals surface area contributed by atoms with Crippen LogP contribution >= 0.6 is 0 Å². The quantitative estimate of drug-likeness (QED) is 0.817. The zero-order chi connectivity index (χ0) is 12.1. The van der Waals surface area contributed by atoms with Gasteiger partial charge in [-0.1, -0.05) is 32.0 Å². The summed E-state index contributed by atoms with van der Waals surface area (Å²) in [6.45, 7) is 6.40. The zero-order valence-electron chi connectivity index (χ0n) is 10.2. The van der Waals surface area contributed by atoms with E-state index in [0.717, 1.165) is 11.3 Å². The molecule has 2 unspecified atom stereocenters. The van der Waals surface area contributed by atoms with Gasteiger partial charge in [-0.2, -0.15) is 0 Å². The third-order valence-electron chi connectivity index (χ3n) is 3.04. The maximum atomic E-state index is 11.9. The second kappa shape index (κ2) is 5.66. The topological polar surface area (TPSA) is 55.1 Å². The Morgan fingerprint density at radius 1 is 1.38 bits per heavy atom. The molecule has 0 heterocycles. The van der Waals surface area contributed by atoms with Crippen molar-refractivity contribution in [2.24, 2.45) is 17.6 Å². The lowest BCUT2D eigenvalue weighted by atomic mass is 9.95. The fraction of sp³-hybridized carbons (Fsp3) is 0.462. The summed E-state index contributed by atoms with van der Waals surface area (Å²) in [5.41, 5.74) is 7.50. The first-order valence-electron chi connectivity index (χ1n) is 5.62. The maximum Gasteiger partial charge on any atom is 0.227 e. The van der Waals surface area contributed by atoms with E-state index in [0.29, 0.717) is 6.54 Å². The van der Waals surface area contributed by atoms with E-state index in [9.17, 15) is 4.79 Å². The lowest BCUT2D eigenvalue weighted by Gasteiger charge is -2.18. The van der Waals surface area contributed by atoms with Gasteiger partial charge in [0.25, 0.3) is 0 Å². The summed E-state index contributed by atoms with van der Waals surface area (Å²) in [6.07, 6.45) is 0. The molecular formula is C13H20N2O. The molecule has 16 heavy (non-hydrogen) atoms. The van der Waals surface area contributed by atoms with Gasteiger partial charge in [0, 0.05) is 11.6 Å². The lowest BCUT2D eigenvalue weighted by Crippen LogP contribution is -2.29. The molecule has 0 aliphatic heterocycles. The van der Waals surface area contributed by atoms with Crippen LogP contribution in [0.2, 0.25) is 0 Å². The predicted molar refractivity (Wildman–Crippen MR) is 67.2 cm³/mol. The molecule has 0 spiro atoms. The molecule has 3 N–H and O–H groups in total. The monoisotopic (exact) mass is 220 g/mol.